The maximum atomic E-state index is 12.9. The molecule has 0 aliphatic rings. The van der Waals surface area contributed by atoms with E-state index in [1.165, 1.54) is 24.3 Å². The van der Waals surface area contributed by atoms with Gasteiger partial charge >= 0.3 is 11.9 Å². The molecule has 4 unspecified atom stereocenters. The van der Waals surface area contributed by atoms with E-state index in [1.54, 1.807) is 0 Å². The first-order valence-corrected chi connectivity index (χ1v) is 10.8. The largest absolute Gasteiger partial charge is 0.508 e. The number of rotatable bonds is 14. The summed E-state index contributed by atoms with van der Waals surface area (Å²) in [5.74, 6) is -6.99. The summed E-state index contributed by atoms with van der Waals surface area (Å²) in [6, 6.07) is -0.130. The maximum Gasteiger partial charge on any atom is 0.326 e. The second-order valence-corrected chi connectivity index (χ2v) is 7.81. The summed E-state index contributed by atoms with van der Waals surface area (Å²) in [6.07, 6.45) is -1.49. The molecule has 1 aromatic rings. The van der Waals surface area contributed by atoms with Crippen molar-refractivity contribution in [3.8, 4) is 5.75 Å². The van der Waals surface area contributed by atoms with Crippen LogP contribution in [-0.2, 0) is 35.2 Å². The van der Waals surface area contributed by atoms with Crippen molar-refractivity contribution in [2.24, 2.45) is 11.5 Å². The smallest absolute Gasteiger partial charge is 0.326 e. The molecule has 10 N–H and O–H groups in total. The van der Waals surface area contributed by atoms with Gasteiger partial charge in [-0.3, -0.25) is 24.0 Å². The number of phenols is 1. The van der Waals surface area contributed by atoms with Crippen LogP contribution in [0, 0.1) is 0 Å². The summed E-state index contributed by atoms with van der Waals surface area (Å²) in [6.45, 7) is 0. The van der Waals surface area contributed by atoms with Crippen molar-refractivity contribution in [1.82, 2.24) is 16.0 Å². The molecule has 0 bridgehead atoms. The molecule has 15 heteroatoms. The third kappa shape index (κ3) is 10.3. The van der Waals surface area contributed by atoms with Crippen molar-refractivity contribution < 1.29 is 44.1 Å². The van der Waals surface area contributed by atoms with Crippen LogP contribution in [0.3, 0.4) is 0 Å². The molecule has 14 nitrogen and oxygen atoms in total. The van der Waals surface area contributed by atoms with Gasteiger partial charge < -0.3 is 42.7 Å². The fourth-order valence-corrected chi connectivity index (χ4v) is 3.04. The molecule has 4 atom stereocenters. The molecule has 1 rings (SSSR count). The highest BCUT2D eigenvalue weighted by atomic mass is 32.1. The van der Waals surface area contributed by atoms with E-state index >= 15 is 0 Å². The zero-order valence-electron chi connectivity index (χ0n) is 18.3. The number of hydrogen-bond donors (Lipinski definition) is 9. The second kappa shape index (κ2) is 13.8. The summed E-state index contributed by atoms with van der Waals surface area (Å²) in [7, 11) is 0. The summed E-state index contributed by atoms with van der Waals surface area (Å²) in [5, 5.41) is 34.0. The van der Waals surface area contributed by atoms with Crippen LogP contribution in [0.5, 0.6) is 5.75 Å². The van der Waals surface area contributed by atoms with Crippen LogP contribution in [0.25, 0.3) is 0 Å². The highest BCUT2D eigenvalue weighted by molar-refractivity contribution is 7.80. The number of amides is 4. The van der Waals surface area contributed by atoms with Crippen molar-refractivity contribution in [3.05, 3.63) is 29.8 Å². The Morgan fingerprint density at radius 1 is 0.829 bits per heavy atom. The number of carboxylic acid groups (broad SMARTS) is 2. The van der Waals surface area contributed by atoms with Crippen LogP contribution in [0.2, 0.25) is 0 Å². The zero-order chi connectivity index (χ0) is 26.7. The fraction of sp³-hybridized carbons (Fsp3) is 0.400. The molecule has 0 saturated carbocycles. The molecule has 1 aromatic carbocycles. The molecule has 0 fully saturated rings. The van der Waals surface area contributed by atoms with Gasteiger partial charge in [-0.1, -0.05) is 12.1 Å². The minimum absolute atomic E-state index is 0.0385. The number of aliphatic carboxylic acids is 2. The van der Waals surface area contributed by atoms with Gasteiger partial charge in [-0.25, -0.2) is 4.79 Å². The molecule has 0 aliphatic carbocycles. The molecule has 0 saturated heterocycles. The Kier molecular flexibility index (Phi) is 11.5. The Balaban J connectivity index is 3.03. The second-order valence-electron chi connectivity index (χ2n) is 7.45. The van der Waals surface area contributed by atoms with E-state index in [4.69, 9.17) is 21.7 Å². The summed E-state index contributed by atoms with van der Waals surface area (Å²) in [5.41, 5.74) is 11.2. The Morgan fingerprint density at radius 2 is 1.34 bits per heavy atom. The molecule has 0 aliphatic heterocycles. The molecule has 35 heavy (non-hydrogen) atoms. The van der Waals surface area contributed by atoms with Gasteiger partial charge in [0.05, 0.1) is 18.9 Å². The molecule has 0 aromatic heterocycles. The summed E-state index contributed by atoms with van der Waals surface area (Å²) < 4.78 is 0. The minimum atomic E-state index is -1.75. The third-order valence-electron chi connectivity index (χ3n) is 4.58. The number of thiol groups is 1. The number of benzene rings is 1. The van der Waals surface area contributed by atoms with Crippen LogP contribution < -0.4 is 27.4 Å². The van der Waals surface area contributed by atoms with E-state index in [0.717, 1.165) is 0 Å². The van der Waals surface area contributed by atoms with Gasteiger partial charge in [0, 0.05) is 12.2 Å². The van der Waals surface area contributed by atoms with Gasteiger partial charge in [0.2, 0.25) is 23.6 Å². The number of nitrogens with one attached hydrogen (secondary N) is 3. The van der Waals surface area contributed by atoms with Gasteiger partial charge in [0.1, 0.15) is 23.9 Å². The fourth-order valence-electron chi connectivity index (χ4n) is 2.78. The van der Waals surface area contributed by atoms with E-state index < -0.39 is 72.6 Å². The van der Waals surface area contributed by atoms with Crippen LogP contribution >= 0.6 is 12.6 Å². The van der Waals surface area contributed by atoms with E-state index in [-0.39, 0.29) is 17.9 Å². The quantitative estimate of drug-likeness (QED) is 0.115. The predicted octanol–water partition coefficient (Wildman–Crippen LogP) is -2.92. The molecular formula is C20H27N5O9S. The number of nitrogens with two attached hydrogens (primary N) is 2. The first kappa shape index (κ1) is 29.2. The number of carbonyl (C=O) groups excluding carboxylic acids is 4. The SMILES string of the molecule is NC(=O)CC(N)C(=O)NC(Cc1ccc(O)cc1)C(=O)NC(CS)C(=O)NC(CC(=O)O)C(=O)O. The maximum absolute atomic E-state index is 12.9. The van der Waals surface area contributed by atoms with Crippen LogP contribution in [0.1, 0.15) is 18.4 Å². The van der Waals surface area contributed by atoms with Crippen molar-refractivity contribution in [1.29, 1.82) is 0 Å². The topological polar surface area (TPSA) is 251 Å². The van der Waals surface area contributed by atoms with Crippen molar-refractivity contribution in [3.63, 3.8) is 0 Å². The molecule has 192 valence electrons. The zero-order valence-corrected chi connectivity index (χ0v) is 19.2. The van der Waals surface area contributed by atoms with E-state index in [2.05, 4.69) is 23.3 Å². The first-order valence-electron chi connectivity index (χ1n) is 10.1. The van der Waals surface area contributed by atoms with Crippen molar-refractivity contribution in [2.75, 3.05) is 5.75 Å². The average Bonchev–Trinajstić information content (AvgIpc) is 2.76. The van der Waals surface area contributed by atoms with Crippen LogP contribution in [0.4, 0.5) is 0 Å². The predicted molar refractivity (Wildman–Crippen MR) is 123 cm³/mol. The summed E-state index contributed by atoms with van der Waals surface area (Å²) >= 11 is 3.97. The van der Waals surface area contributed by atoms with Gasteiger partial charge in [-0.2, -0.15) is 12.6 Å². The van der Waals surface area contributed by atoms with Gasteiger partial charge in [0.15, 0.2) is 0 Å². The lowest BCUT2D eigenvalue weighted by Gasteiger charge is -2.24. The monoisotopic (exact) mass is 513 g/mol. The lowest BCUT2D eigenvalue weighted by molar-refractivity contribution is -0.147. The number of aromatic hydroxyl groups is 1. The number of hydrogen-bond acceptors (Lipinski definition) is 9. The Morgan fingerprint density at radius 3 is 1.83 bits per heavy atom. The normalized spacial score (nSPS) is 14.0. The van der Waals surface area contributed by atoms with Crippen molar-refractivity contribution >= 4 is 48.2 Å². The Labute approximate surface area is 204 Å². The molecule has 0 spiro atoms. The molecule has 0 heterocycles. The lowest BCUT2D eigenvalue weighted by atomic mass is 10.0. The van der Waals surface area contributed by atoms with Gasteiger partial charge in [0.25, 0.3) is 0 Å². The van der Waals surface area contributed by atoms with E-state index in [0.29, 0.717) is 5.56 Å². The first-order chi connectivity index (χ1) is 16.3. The average molecular weight is 514 g/mol. The summed E-state index contributed by atoms with van der Waals surface area (Å²) in [4.78, 5) is 70.8. The minimum Gasteiger partial charge on any atom is -0.508 e. The Bertz CT molecular complexity index is 957. The van der Waals surface area contributed by atoms with Crippen LogP contribution in [0.15, 0.2) is 24.3 Å². The Hall–Kier alpha value is -3.85. The number of carbonyl (C=O) groups is 6. The molecule has 0 radical (unpaired) electrons. The highest BCUT2D eigenvalue weighted by Crippen LogP contribution is 2.12. The van der Waals surface area contributed by atoms with Crippen LogP contribution in [-0.4, -0.2) is 80.8 Å². The molecule has 4 amide bonds. The van der Waals surface area contributed by atoms with Crippen molar-refractivity contribution in [2.45, 2.75) is 43.4 Å². The van der Waals surface area contributed by atoms with Gasteiger partial charge in [-0.05, 0) is 17.7 Å². The highest BCUT2D eigenvalue weighted by Gasteiger charge is 2.31. The van der Waals surface area contributed by atoms with E-state index in [1.807, 2.05) is 5.32 Å². The number of primary amides is 1. The molecular weight excluding hydrogens is 486 g/mol. The van der Waals surface area contributed by atoms with Gasteiger partial charge in [-0.15, -0.1) is 0 Å². The number of phenolic OH excluding ortho intramolecular Hbond substituents is 1. The van der Waals surface area contributed by atoms with E-state index in [9.17, 15) is 33.9 Å². The standard InChI is InChI=1S/C20H27N5O9S/c21-11(6-15(22)27)17(30)23-12(5-9-1-3-10(26)4-2-9)18(31)25-14(8-35)19(32)24-13(20(33)34)7-16(28)29/h1-4,11-14,26,35H,5-8,21H2,(H2,22,27)(H,23,30)(H,24,32)(H,25,31)(H,28,29)(H,33,34). The third-order valence-corrected chi connectivity index (χ3v) is 4.94. The number of carboxylic acids is 2. The lowest BCUT2D eigenvalue weighted by Crippen LogP contribution is -2.58.